The predicted molar refractivity (Wildman–Crippen MR) is 137 cm³/mol. The van der Waals surface area contributed by atoms with Gasteiger partial charge in [-0.3, -0.25) is 9.59 Å². The fraction of sp³-hybridized carbons (Fsp3) is 0.321. The molecule has 0 spiro atoms. The number of carbonyl (C=O) groups is 1. The van der Waals surface area contributed by atoms with Gasteiger partial charge >= 0.3 is 0 Å². The Bertz CT molecular complexity index is 1250. The molecule has 0 saturated heterocycles. The van der Waals surface area contributed by atoms with E-state index in [-0.39, 0.29) is 36.0 Å². The maximum absolute atomic E-state index is 12.7. The zero-order valence-corrected chi connectivity index (χ0v) is 20.6. The highest BCUT2D eigenvalue weighted by atomic mass is 16.4. The molecule has 0 saturated carbocycles. The van der Waals surface area contributed by atoms with Gasteiger partial charge in [-0.15, -0.1) is 0 Å². The van der Waals surface area contributed by atoms with Crippen molar-refractivity contribution in [1.29, 1.82) is 0 Å². The van der Waals surface area contributed by atoms with Crippen molar-refractivity contribution in [3.8, 4) is 0 Å². The molecule has 184 valence electrons. The number of nitrogens with zero attached hydrogens (tertiary/aromatic N) is 1. The van der Waals surface area contributed by atoms with E-state index in [1.54, 1.807) is 31.3 Å². The van der Waals surface area contributed by atoms with E-state index in [4.69, 9.17) is 0 Å². The number of aliphatic hydroxyl groups excluding tert-OH is 1. The number of aliphatic hydroxyl groups is 1. The van der Waals surface area contributed by atoms with Crippen molar-refractivity contribution in [2.45, 2.75) is 46.1 Å². The number of rotatable bonds is 9. The normalized spacial score (nSPS) is 13.5. The first-order chi connectivity index (χ1) is 16.7. The first-order valence-electron chi connectivity index (χ1n) is 11.7. The molecule has 0 radical (unpaired) electrons. The number of hydrogen-bond acceptors (Lipinski definition) is 5. The molecule has 35 heavy (non-hydrogen) atoms. The smallest absolute Gasteiger partial charge is 0.251 e. The lowest BCUT2D eigenvalue weighted by molar-refractivity contribution is 0.0897. The molecule has 0 fully saturated rings. The molecule has 1 heterocycles. The number of H-pyrrole nitrogens is 1. The lowest BCUT2D eigenvalue weighted by atomic mass is 9.83. The number of hydrogen-bond donors (Lipinski definition) is 4. The van der Waals surface area contributed by atoms with Crippen LogP contribution in [0.15, 0.2) is 70.7 Å². The fourth-order valence-electron chi connectivity index (χ4n) is 4.10. The third kappa shape index (κ3) is 6.25. The minimum atomic E-state index is -0.314. The Kier molecular flexibility index (Phi) is 8.60. The van der Waals surface area contributed by atoms with Crippen molar-refractivity contribution in [1.82, 2.24) is 10.3 Å². The maximum atomic E-state index is 12.7. The van der Waals surface area contributed by atoms with Crippen LogP contribution in [0, 0.1) is 19.8 Å². The average Bonchev–Trinajstić information content (AvgIpc) is 2.85. The van der Waals surface area contributed by atoms with Gasteiger partial charge in [-0.25, -0.2) is 0 Å². The van der Waals surface area contributed by atoms with Crippen molar-refractivity contribution < 1.29 is 15.1 Å². The first kappa shape index (κ1) is 25.9. The van der Waals surface area contributed by atoms with Crippen LogP contribution in [-0.2, 0) is 0 Å². The number of aromatic amines is 1. The molecule has 1 unspecified atom stereocenters. The number of nitrogens with one attached hydrogen (secondary N) is 2. The minimum Gasteiger partial charge on any atom is -0.411 e. The summed E-state index contributed by atoms with van der Waals surface area (Å²) in [5, 5.41) is 25.8. The summed E-state index contributed by atoms with van der Waals surface area (Å²) in [5.41, 5.74) is 5.07. The molecule has 2 aromatic carbocycles. The van der Waals surface area contributed by atoms with Gasteiger partial charge in [-0.05, 0) is 54.7 Å². The molecule has 4 N–H and O–H groups in total. The minimum absolute atomic E-state index is 0.112. The highest BCUT2D eigenvalue weighted by molar-refractivity contribution is 6.01. The number of amides is 1. The third-order valence-electron chi connectivity index (χ3n) is 6.40. The van der Waals surface area contributed by atoms with Gasteiger partial charge in [-0.1, -0.05) is 55.4 Å². The predicted octanol–water partition coefficient (Wildman–Crippen LogP) is 4.14. The van der Waals surface area contributed by atoms with Gasteiger partial charge in [0.15, 0.2) is 0 Å². The Morgan fingerprint density at radius 3 is 2.29 bits per heavy atom. The Labute approximate surface area is 205 Å². The summed E-state index contributed by atoms with van der Waals surface area (Å²) < 4.78 is 0. The van der Waals surface area contributed by atoms with Gasteiger partial charge in [-0.2, -0.15) is 0 Å². The zero-order valence-electron chi connectivity index (χ0n) is 20.6. The molecule has 0 aliphatic heterocycles. The second kappa shape index (κ2) is 11.6. The summed E-state index contributed by atoms with van der Waals surface area (Å²) in [7, 11) is 0. The van der Waals surface area contributed by atoms with E-state index in [0.29, 0.717) is 28.8 Å². The third-order valence-corrected chi connectivity index (χ3v) is 6.40. The molecular weight excluding hydrogens is 442 g/mol. The molecule has 0 aliphatic rings. The highest BCUT2D eigenvalue weighted by Gasteiger charge is 2.22. The number of aromatic nitrogens is 1. The van der Waals surface area contributed by atoms with Crippen molar-refractivity contribution in [2.75, 3.05) is 6.61 Å². The molecule has 7 heteroatoms. The van der Waals surface area contributed by atoms with Crippen molar-refractivity contribution in [2.24, 2.45) is 11.1 Å². The van der Waals surface area contributed by atoms with E-state index < -0.39 is 0 Å². The van der Waals surface area contributed by atoms with E-state index in [1.165, 1.54) is 0 Å². The topological polar surface area (TPSA) is 115 Å². The molecule has 3 rings (SSSR count). The van der Waals surface area contributed by atoms with Crippen LogP contribution in [0.5, 0.6) is 0 Å². The Morgan fingerprint density at radius 1 is 1.03 bits per heavy atom. The van der Waals surface area contributed by atoms with E-state index in [0.717, 1.165) is 16.7 Å². The van der Waals surface area contributed by atoms with E-state index in [1.807, 2.05) is 57.2 Å². The van der Waals surface area contributed by atoms with Crippen LogP contribution >= 0.6 is 0 Å². The lowest BCUT2D eigenvalue weighted by Crippen LogP contribution is -2.41. The SMILES string of the molecule is Cc1ccccc1C(C/C(=N\O)c1c[nH]c(=O)c(C)c1)c1ccc(C(=O)N[C@H](CO)C(C)C)cc1. The summed E-state index contributed by atoms with van der Waals surface area (Å²) in [6.45, 7) is 7.51. The van der Waals surface area contributed by atoms with Gasteiger partial charge in [0.1, 0.15) is 0 Å². The summed E-state index contributed by atoms with van der Waals surface area (Å²) in [4.78, 5) is 27.2. The van der Waals surface area contributed by atoms with Crippen LogP contribution in [0.1, 0.15) is 64.4 Å². The standard InChI is InChI=1S/C28H33N3O4/c1-17(2)26(16-32)30-28(34)21-11-9-20(10-12-21)24(23-8-6-5-7-18(23)3)14-25(31-35)22-13-19(4)27(33)29-15-22/h5-13,15,17,24,26,32,35H,14,16H2,1-4H3,(H,29,33)(H,30,34)/b31-25+/t24?,26-/m1/s1. The quantitative estimate of drug-likeness (QED) is 0.212. The number of aryl methyl sites for hydroxylation is 2. The molecule has 1 amide bonds. The molecule has 0 aliphatic carbocycles. The number of oxime groups is 1. The number of benzene rings is 2. The summed E-state index contributed by atoms with van der Waals surface area (Å²) >= 11 is 0. The Hall–Kier alpha value is -3.71. The van der Waals surface area contributed by atoms with Crippen molar-refractivity contribution in [3.05, 3.63) is 105 Å². The number of pyridine rings is 1. The van der Waals surface area contributed by atoms with Crippen LogP contribution in [-0.4, -0.2) is 39.6 Å². The second-order valence-electron chi connectivity index (χ2n) is 9.19. The molecule has 2 atom stereocenters. The summed E-state index contributed by atoms with van der Waals surface area (Å²) in [6, 6.07) is 16.8. The Morgan fingerprint density at radius 2 is 1.71 bits per heavy atom. The van der Waals surface area contributed by atoms with Gasteiger partial charge in [0, 0.05) is 35.2 Å². The van der Waals surface area contributed by atoms with E-state index in [2.05, 4.69) is 15.5 Å². The summed E-state index contributed by atoms with van der Waals surface area (Å²) in [5.74, 6) is -0.272. The molecule has 1 aromatic heterocycles. The molecular formula is C28H33N3O4. The second-order valence-corrected chi connectivity index (χ2v) is 9.19. The van der Waals surface area contributed by atoms with Crippen molar-refractivity contribution >= 4 is 11.6 Å². The van der Waals surface area contributed by atoms with Crippen LogP contribution in [0.4, 0.5) is 0 Å². The molecule has 3 aromatic rings. The van der Waals surface area contributed by atoms with Crippen LogP contribution in [0.25, 0.3) is 0 Å². The van der Waals surface area contributed by atoms with Gasteiger partial charge in [0.2, 0.25) is 0 Å². The molecule has 7 nitrogen and oxygen atoms in total. The molecule has 0 bridgehead atoms. The van der Waals surface area contributed by atoms with Gasteiger partial charge in [0.05, 0.1) is 18.4 Å². The van der Waals surface area contributed by atoms with E-state index >= 15 is 0 Å². The highest BCUT2D eigenvalue weighted by Crippen LogP contribution is 2.32. The number of carbonyl (C=O) groups excluding carboxylic acids is 1. The monoisotopic (exact) mass is 475 g/mol. The lowest BCUT2D eigenvalue weighted by Gasteiger charge is -2.22. The largest absolute Gasteiger partial charge is 0.411 e. The Balaban J connectivity index is 1.95. The van der Waals surface area contributed by atoms with Crippen LogP contribution in [0.2, 0.25) is 0 Å². The summed E-state index contributed by atoms with van der Waals surface area (Å²) in [6.07, 6.45) is 1.94. The van der Waals surface area contributed by atoms with Crippen LogP contribution < -0.4 is 10.9 Å². The van der Waals surface area contributed by atoms with Gasteiger partial charge in [0.25, 0.3) is 11.5 Å². The van der Waals surface area contributed by atoms with E-state index in [9.17, 15) is 19.9 Å². The average molecular weight is 476 g/mol. The first-order valence-corrected chi connectivity index (χ1v) is 11.7. The fourth-order valence-corrected chi connectivity index (χ4v) is 4.10. The maximum Gasteiger partial charge on any atom is 0.251 e. The van der Waals surface area contributed by atoms with Crippen LogP contribution in [0.3, 0.4) is 0 Å². The van der Waals surface area contributed by atoms with Gasteiger partial charge < -0.3 is 20.6 Å². The van der Waals surface area contributed by atoms with Crippen molar-refractivity contribution in [3.63, 3.8) is 0 Å². The zero-order chi connectivity index (χ0) is 25.5.